The molecular formula is C17H17N3O3S. The molecule has 0 aliphatic heterocycles. The summed E-state index contributed by atoms with van der Waals surface area (Å²) in [5.74, 6) is -0.755. The highest BCUT2D eigenvalue weighted by molar-refractivity contribution is 7.18. The molecule has 0 radical (unpaired) electrons. The third-order valence-electron chi connectivity index (χ3n) is 4.22. The van der Waals surface area contributed by atoms with E-state index in [1.807, 2.05) is 13.8 Å². The Bertz CT molecular complexity index is 1000. The fraction of sp³-hybridized carbons (Fsp3) is 0.294. The highest BCUT2D eigenvalue weighted by atomic mass is 32.1. The lowest BCUT2D eigenvalue weighted by molar-refractivity contribution is -0.145. The molecule has 0 spiro atoms. The monoisotopic (exact) mass is 343 g/mol. The molecule has 0 aliphatic rings. The molecule has 0 amide bonds. The minimum atomic E-state index is -1.43. The number of aromatic nitrogens is 3. The molecule has 1 N–H and O–H groups in total. The number of pyridine rings is 1. The van der Waals surface area contributed by atoms with Crippen LogP contribution in [0.4, 0.5) is 0 Å². The SMILES string of the molecule is Cc1sc2nc(-c3ccncc3)n(C(C)(C)C(=O)O)c(=O)c2c1C. The van der Waals surface area contributed by atoms with E-state index >= 15 is 0 Å². The Morgan fingerprint density at radius 2 is 1.88 bits per heavy atom. The van der Waals surface area contributed by atoms with Gasteiger partial charge in [0.05, 0.1) is 5.39 Å². The van der Waals surface area contributed by atoms with Crippen molar-refractivity contribution >= 4 is 27.5 Å². The van der Waals surface area contributed by atoms with Gasteiger partial charge >= 0.3 is 5.97 Å². The Labute approximate surface area is 142 Å². The number of thiophene rings is 1. The fourth-order valence-electron chi connectivity index (χ4n) is 2.60. The molecule has 0 aromatic carbocycles. The zero-order valence-electron chi connectivity index (χ0n) is 13.8. The minimum Gasteiger partial charge on any atom is -0.480 e. The second-order valence-electron chi connectivity index (χ2n) is 6.14. The topological polar surface area (TPSA) is 85.1 Å². The standard InChI is InChI=1S/C17H17N3O3S/c1-9-10(2)24-14-12(9)15(21)20(17(3,4)16(22)23)13(19-14)11-5-7-18-8-6-11/h5-8H,1-4H3,(H,22,23). The lowest BCUT2D eigenvalue weighted by Gasteiger charge is -2.25. The predicted octanol–water partition coefficient (Wildman–Crippen LogP) is 2.96. The third-order valence-corrected chi connectivity index (χ3v) is 5.32. The van der Waals surface area contributed by atoms with Crippen molar-refractivity contribution in [3.8, 4) is 11.4 Å². The first-order valence-electron chi connectivity index (χ1n) is 7.42. The van der Waals surface area contributed by atoms with Crippen molar-refractivity contribution in [1.82, 2.24) is 14.5 Å². The molecule has 0 saturated carbocycles. The van der Waals surface area contributed by atoms with Gasteiger partial charge in [-0.05, 0) is 45.4 Å². The predicted molar refractivity (Wildman–Crippen MR) is 93.5 cm³/mol. The van der Waals surface area contributed by atoms with Crippen LogP contribution in [0.5, 0.6) is 0 Å². The van der Waals surface area contributed by atoms with E-state index in [1.54, 1.807) is 24.5 Å². The molecule has 0 aliphatic carbocycles. The molecule has 0 bridgehead atoms. The second-order valence-corrected chi connectivity index (χ2v) is 7.34. The smallest absolute Gasteiger partial charge is 0.329 e. The third kappa shape index (κ3) is 2.32. The molecule has 3 aromatic rings. The fourth-order valence-corrected chi connectivity index (χ4v) is 3.62. The maximum absolute atomic E-state index is 13.2. The summed E-state index contributed by atoms with van der Waals surface area (Å²) in [6, 6.07) is 3.44. The maximum Gasteiger partial charge on any atom is 0.329 e. The molecule has 3 heterocycles. The van der Waals surface area contributed by atoms with Gasteiger partial charge in [-0.15, -0.1) is 11.3 Å². The summed E-state index contributed by atoms with van der Waals surface area (Å²) in [6.07, 6.45) is 3.18. The van der Waals surface area contributed by atoms with Crippen LogP contribution in [0.1, 0.15) is 24.3 Å². The molecule has 3 rings (SSSR count). The lowest BCUT2D eigenvalue weighted by Crippen LogP contribution is -2.44. The van der Waals surface area contributed by atoms with Gasteiger partial charge in [0.25, 0.3) is 5.56 Å². The average molecular weight is 343 g/mol. The summed E-state index contributed by atoms with van der Waals surface area (Å²) in [7, 11) is 0. The highest BCUT2D eigenvalue weighted by Gasteiger charge is 2.34. The van der Waals surface area contributed by atoms with Crippen molar-refractivity contribution in [1.29, 1.82) is 0 Å². The first-order valence-corrected chi connectivity index (χ1v) is 8.24. The van der Waals surface area contributed by atoms with Gasteiger partial charge in [-0.25, -0.2) is 9.78 Å². The molecule has 24 heavy (non-hydrogen) atoms. The summed E-state index contributed by atoms with van der Waals surface area (Å²) >= 11 is 1.44. The van der Waals surface area contributed by atoms with Crippen LogP contribution in [0.15, 0.2) is 29.3 Å². The largest absolute Gasteiger partial charge is 0.480 e. The Morgan fingerprint density at radius 1 is 1.25 bits per heavy atom. The van der Waals surface area contributed by atoms with Gasteiger partial charge in [0.15, 0.2) is 0 Å². The average Bonchev–Trinajstić information content (AvgIpc) is 2.82. The molecular weight excluding hydrogens is 326 g/mol. The Morgan fingerprint density at radius 3 is 2.46 bits per heavy atom. The van der Waals surface area contributed by atoms with Crippen LogP contribution in [0, 0.1) is 13.8 Å². The van der Waals surface area contributed by atoms with Gasteiger partial charge < -0.3 is 5.11 Å². The van der Waals surface area contributed by atoms with E-state index in [4.69, 9.17) is 0 Å². The van der Waals surface area contributed by atoms with E-state index in [-0.39, 0.29) is 5.56 Å². The van der Waals surface area contributed by atoms with E-state index in [1.165, 1.54) is 29.8 Å². The molecule has 0 atom stereocenters. The summed E-state index contributed by atoms with van der Waals surface area (Å²) in [5.41, 5.74) is -0.258. The number of carboxylic acid groups (broad SMARTS) is 1. The van der Waals surface area contributed by atoms with Crippen LogP contribution in [0.3, 0.4) is 0 Å². The molecule has 0 fully saturated rings. The number of hydrogen-bond donors (Lipinski definition) is 1. The molecule has 0 saturated heterocycles. The molecule has 0 unspecified atom stereocenters. The van der Waals surface area contributed by atoms with Crippen LogP contribution < -0.4 is 5.56 Å². The molecule has 6 nitrogen and oxygen atoms in total. The zero-order valence-corrected chi connectivity index (χ0v) is 14.6. The zero-order chi connectivity index (χ0) is 17.6. The number of fused-ring (bicyclic) bond motifs is 1. The highest BCUT2D eigenvalue weighted by Crippen LogP contribution is 2.30. The summed E-state index contributed by atoms with van der Waals surface area (Å²) in [4.78, 5) is 35.2. The van der Waals surface area contributed by atoms with Crippen LogP contribution in [-0.4, -0.2) is 25.6 Å². The lowest BCUT2D eigenvalue weighted by atomic mass is 10.0. The van der Waals surface area contributed by atoms with Crippen LogP contribution in [-0.2, 0) is 10.3 Å². The molecule has 7 heteroatoms. The number of rotatable bonds is 3. The van der Waals surface area contributed by atoms with Crippen molar-refractivity contribution in [3.05, 3.63) is 45.3 Å². The summed E-state index contributed by atoms with van der Waals surface area (Å²) in [5, 5.41) is 10.1. The van der Waals surface area contributed by atoms with Crippen molar-refractivity contribution in [2.24, 2.45) is 0 Å². The van der Waals surface area contributed by atoms with Gasteiger partial charge in [-0.3, -0.25) is 14.3 Å². The van der Waals surface area contributed by atoms with E-state index in [0.717, 1.165) is 10.4 Å². The minimum absolute atomic E-state index is 0.332. The van der Waals surface area contributed by atoms with Crippen LogP contribution in [0.25, 0.3) is 21.6 Å². The van der Waals surface area contributed by atoms with Crippen LogP contribution >= 0.6 is 11.3 Å². The first-order chi connectivity index (χ1) is 11.2. The van der Waals surface area contributed by atoms with Crippen molar-refractivity contribution in [2.75, 3.05) is 0 Å². The van der Waals surface area contributed by atoms with Gasteiger partial charge in [-0.1, -0.05) is 0 Å². The van der Waals surface area contributed by atoms with Crippen molar-refractivity contribution in [2.45, 2.75) is 33.2 Å². The molecule has 3 aromatic heterocycles. The van der Waals surface area contributed by atoms with Crippen molar-refractivity contribution < 1.29 is 9.90 Å². The first kappa shape index (κ1) is 16.3. The number of nitrogens with zero attached hydrogens (tertiary/aromatic N) is 3. The number of carbonyl (C=O) groups is 1. The number of aliphatic carboxylic acids is 1. The van der Waals surface area contributed by atoms with E-state index < -0.39 is 11.5 Å². The Balaban J connectivity index is 2.51. The normalized spacial score (nSPS) is 11.8. The van der Waals surface area contributed by atoms with E-state index in [9.17, 15) is 14.7 Å². The Hall–Kier alpha value is -2.54. The maximum atomic E-state index is 13.2. The van der Waals surface area contributed by atoms with Crippen LogP contribution in [0.2, 0.25) is 0 Å². The number of aryl methyl sites for hydroxylation is 2. The van der Waals surface area contributed by atoms with Crippen molar-refractivity contribution in [3.63, 3.8) is 0 Å². The number of carboxylic acids is 1. The summed E-state index contributed by atoms with van der Waals surface area (Å²) < 4.78 is 1.27. The number of hydrogen-bond acceptors (Lipinski definition) is 5. The second kappa shape index (κ2) is 5.52. The summed E-state index contributed by atoms with van der Waals surface area (Å²) in [6.45, 7) is 6.80. The van der Waals surface area contributed by atoms with Gasteiger partial charge in [0.1, 0.15) is 16.2 Å². The molecule has 124 valence electrons. The van der Waals surface area contributed by atoms with E-state index in [0.29, 0.717) is 21.6 Å². The van der Waals surface area contributed by atoms with E-state index in [2.05, 4.69) is 9.97 Å². The van der Waals surface area contributed by atoms with Gasteiger partial charge in [0, 0.05) is 22.8 Å². The van der Waals surface area contributed by atoms with Gasteiger partial charge in [-0.2, -0.15) is 0 Å². The van der Waals surface area contributed by atoms with Gasteiger partial charge in [0.2, 0.25) is 0 Å². The quantitative estimate of drug-likeness (QED) is 0.790. The Kier molecular flexibility index (Phi) is 3.76.